The van der Waals surface area contributed by atoms with Crippen LogP contribution >= 0.6 is 0 Å². The Morgan fingerprint density at radius 1 is 1.20 bits per heavy atom. The molecule has 0 amide bonds. The molecule has 1 aliphatic heterocycles. The van der Waals surface area contributed by atoms with Gasteiger partial charge in [-0.05, 0) is 30.5 Å². The molecule has 82 valence electrons. The van der Waals surface area contributed by atoms with E-state index in [9.17, 15) is 4.39 Å². The Morgan fingerprint density at radius 3 is 2.33 bits per heavy atom. The molecule has 0 spiro atoms. The summed E-state index contributed by atoms with van der Waals surface area (Å²) < 4.78 is 12.9. The van der Waals surface area contributed by atoms with E-state index in [1.54, 1.807) is 0 Å². The fourth-order valence-electron chi connectivity index (χ4n) is 1.95. The zero-order valence-electron chi connectivity index (χ0n) is 8.82. The Kier molecular flexibility index (Phi) is 3.21. The van der Waals surface area contributed by atoms with Gasteiger partial charge in [0, 0.05) is 25.3 Å². The monoisotopic (exact) mass is 208 g/mol. The van der Waals surface area contributed by atoms with Gasteiger partial charge in [0.2, 0.25) is 0 Å². The van der Waals surface area contributed by atoms with Crippen LogP contribution in [0.15, 0.2) is 24.3 Å². The third kappa shape index (κ3) is 2.48. The van der Waals surface area contributed by atoms with E-state index in [1.165, 1.54) is 5.69 Å². The molecule has 2 nitrogen and oxygen atoms in total. The number of hydrogen-bond acceptors (Lipinski definition) is 2. The van der Waals surface area contributed by atoms with Crippen molar-refractivity contribution in [2.24, 2.45) is 5.73 Å². The Bertz CT molecular complexity index is 302. The number of anilines is 1. The number of alkyl halides is 1. The summed E-state index contributed by atoms with van der Waals surface area (Å²) in [6.07, 6.45) is 0.696. The maximum Gasteiger partial charge on any atom is 0.103 e. The van der Waals surface area contributed by atoms with Crippen LogP contribution in [0, 0.1) is 0 Å². The molecule has 2 rings (SSSR count). The SMILES string of the molecule is NCc1ccc(N2CCC(F)CC2)cc1. The fraction of sp³-hybridized carbons (Fsp3) is 0.500. The summed E-state index contributed by atoms with van der Waals surface area (Å²) in [4.78, 5) is 2.23. The smallest absolute Gasteiger partial charge is 0.103 e. The summed E-state index contributed by atoms with van der Waals surface area (Å²) in [6.45, 7) is 2.22. The van der Waals surface area contributed by atoms with E-state index in [1.807, 2.05) is 12.1 Å². The van der Waals surface area contributed by atoms with Crippen molar-refractivity contribution in [2.45, 2.75) is 25.6 Å². The molecule has 1 aromatic rings. The standard InChI is InChI=1S/C12H17FN2/c13-11-5-7-15(8-6-11)12-3-1-10(9-14)2-4-12/h1-4,11H,5-9,14H2. The van der Waals surface area contributed by atoms with Gasteiger partial charge in [0.1, 0.15) is 6.17 Å². The Hall–Kier alpha value is -1.09. The van der Waals surface area contributed by atoms with Crippen molar-refractivity contribution in [3.8, 4) is 0 Å². The molecule has 0 atom stereocenters. The van der Waals surface area contributed by atoms with Crippen molar-refractivity contribution >= 4 is 5.69 Å². The lowest BCUT2D eigenvalue weighted by atomic mass is 10.1. The first-order chi connectivity index (χ1) is 7.29. The average molecular weight is 208 g/mol. The van der Waals surface area contributed by atoms with Crippen LogP contribution in [-0.2, 0) is 6.54 Å². The first kappa shape index (κ1) is 10.4. The van der Waals surface area contributed by atoms with Crippen LogP contribution in [0.4, 0.5) is 10.1 Å². The van der Waals surface area contributed by atoms with E-state index in [-0.39, 0.29) is 0 Å². The van der Waals surface area contributed by atoms with E-state index in [0.29, 0.717) is 19.4 Å². The van der Waals surface area contributed by atoms with Crippen molar-refractivity contribution in [1.29, 1.82) is 0 Å². The first-order valence-corrected chi connectivity index (χ1v) is 5.47. The summed E-state index contributed by atoms with van der Waals surface area (Å²) in [7, 11) is 0. The number of hydrogen-bond donors (Lipinski definition) is 1. The van der Waals surface area contributed by atoms with Gasteiger partial charge >= 0.3 is 0 Å². The third-order valence-corrected chi connectivity index (χ3v) is 2.96. The predicted molar refractivity (Wildman–Crippen MR) is 60.7 cm³/mol. The van der Waals surface area contributed by atoms with E-state index < -0.39 is 6.17 Å². The van der Waals surface area contributed by atoms with E-state index in [4.69, 9.17) is 5.73 Å². The first-order valence-electron chi connectivity index (χ1n) is 5.47. The quantitative estimate of drug-likeness (QED) is 0.806. The minimum absolute atomic E-state index is 0.576. The molecule has 2 N–H and O–H groups in total. The molecule has 1 heterocycles. The van der Waals surface area contributed by atoms with Gasteiger partial charge in [-0.15, -0.1) is 0 Å². The van der Waals surface area contributed by atoms with E-state index >= 15 is 0 Å². The summed E-state index contributed by atoms with van der Waals surface area (Å²) in [5.41, 5.74) is 7.85. The minimum Gasteiger partial charge on any atom is -0.371 e. The second kappa shape index (κ2) is 4.62. The van der Waals surface area contributed by atoms with Gasteiger partial charge in [-0.1, -0.05) is 12.1 Å². The number of piperidine rings is 1. The molecular weight excluding hydrogens is 191 g/mol. The molecule has 1 fully saturated rings. The molecule has 1 aliphatic rings. The average Bonchev–Trinajstić information content (AvgIpc) is 2.30. The van der Waals surface area contributed by atoms with Crippen LogP contribution in [0.1, 0.15) is 18.4 Å². The third-order valence-electron chi connectivity index (χ3n) is 2.96. The van der Waals surface area contributed by atoms with Crippen molar-refractivity contribution in [3.05, 3.63) is 29.8 Å². The fourth-order valence-corrected chi connectivity index (χ4v) is 1.95. The van der Waals surface area contributed by atoms with Gasteiger partial charge in [0.15, 0.2) is 0 Å². The molecule has 0 aromatic heterocycles. The van der Waals surface area contributed by atoms with Gasteiger partial charge in [0.25, 0.3) is 0 Å². The second-order valence-corrected chi connectivity index (χ2v) is 4.03. The number of nitrogens with zero attached hydrogens (tertiary/aromatic N) is 1. The van der Waals surface area contributed by atoms with Crippen molar-refractivity contribution < 1.29 is 4.39 Å². The lowest BCUT2D eigenvalue weighted by Crippen LogP contribution is -2.34. The van der Waals surface area contributed by atoms with Crippen LogP contribution in [0.25, 0.3) is 0 Å². The Balaban J connectivity index is 2.03. The van der Waals surface area contributed by atoms with Crippen molar-refractivity contribution in [2.75, 3.05) is 18.0 Å². The molecule has 0 saturated carbocycles. The topological polar surface area (TPSA) is 29.3 Å². The highest BCUT2D eigenvalue weighted by Crippen LogP contribution is 2.21. The maximum atomic E-state index is 12.9. The summed E-state index contributed by atoms with van der Waals surface area (Å²) in [5.74, 6) is 0. The number of rotatable bonds is 2. The largest absolute Gasteiger partial charge is 0.371 e. The molecule has 1 saturated heterocycles. The highest BCUT2D eigenvalue weighted by molar-refractivity contribution is 5.47. The number of nitrogens with two attached hydrogens (primary N) is 1. The molecule has 3 heteroatoms. The lowest BCUT2D eigenvalue weighted by molar-refractivity contribution is 0.277. The molecule has 0 unspecified atom stereocenters. The van der Waals surface area contributed by atoms with Gasteiger partial charge in [0.05, 0.1) is 0 Å². The predicted octanol–water partition coefficient (Wildman–Crippen LogP) is 2.08. The second-order valence-electron chi connectivity index (χ2n) is 4.03. The normalized spacial score (nSPS) is 18.1. The Labute approximate surface area is 89.9 Å². The number of halogens is 1. The molecule has 1 aromatic carbocycles. The molecule has 0 aliphatic carbocycles. The zero-order valence-corrected chi connectivity index (χ0v) is 8.82. The van der Waals surface area contributed by atoms with Crippen LogP contribution in [0.3, 0.4) is 0 Å². The van der Waals surface area contributed by atoms with E-state index in [0.717, 1.165) is 18.7 Å². The van der Waals surface area contributed by atoms with Gasteiger partial charge in [-0.25, -0.2) is 4.39 Å². The highest BCUT2D eigenvalue weighted by Gasteiger charge is 2.18. The highest BCUT2D eigenvalue weighted by atomic mass is 19.1. The number of benzene rings is 1. The van der Waals surface area contributed by atoms with Gasteiger partial charge in [-0.3, -0.25) is 0 Å². The minimum atomic E-state index is -0.607. The van der Waals surface area contributed by atoms with Crippen LogP contribution < -0.4 is 10.6 Å². The Morgan fingerprint density at radius 2 is 1.80 bits per heavy atom. The summed E-state index contributed by atoms with van der Waals surface area (Å²) in [6, 6.07) is 8.22. The van der Waals surface area contributed by atoms with Crippen LogP contribution in [0.5, 0.6) is 0 Å². The maximum absolute atomic E-state index is 12.9. The molecule has 0 radical (unpaired) electrons. The molecule has 0 bridgehead atoms. The lowest BCUT2D eigenvalue weighted by Gasteiger charge is -2.30. The summed E-state index contributed by atoms with van der Waals surface area (Å²) >= 11 is 0. The van der Waals surface area contributed by atoms with Gasteiger partial charge < -0.3 is 10.6 Å². The van der Waals surface area contributed by atoms with E-state index in [2.05, 4.69) is 17.0 Å². The molecule has 15 heavy (non-hydrogen) atoms. The summed E-state index contributed by atoms with van der Waals surface area (Å²) in [5, 5.41) is 0. The van der Waals surface area contributed by atoms with Crippen molar-refractivity contribution in [1.82, 2.24) is 0 Å². The zero-order chi connectivity index (χ0) is 10.7. The van der Waals surface area contributed by atoms with Crippen LogP contribution in [0.2, 0.25) is 0 Å². The van der Waals surface area contributed by atoms with Gasteiger partial charge in [-0.2, -0.15) is 0 Å². The molecular formula is C12H17FN2. The van der Waals surface area contributed by atoms with Crippen LogP contribution in [-0.4, -0.2) is 19.3 Å². The van der Waals surface area contributed by atoms with Crippen molar-refractivity contribution in [3.63, 3.8) is 0 Å².